The van der Waals surface area contributed by atoms with Crippen LogP contribution in [0.4, 0.5) is 5.69 Å². The number of carbonyl (C=O) groups is 1. The number of benzene rings is 1. The van der Waals surface area contributed by atoms with Crippen molar-refractivity contribution in [3.8, 4) is 0 Å². The molecule has 0 unspecified atom stereocenters. The fourth-order valence-electron chi connectivity index (χ4n) is 1.03. The molecule has 0 saturated heterocycles. The zero-order valence-electron chi connectivity index (χ0n) is 6.50. The van der Waals surface area contributed by atoms with Gasteiger partial charge in [-0.15, -0.1) is 0 Å². The van der Waals surface area contributed by atoms with E-state index >= 15 is 0 Å². The molecule has 0 bridgehead atoms. The molecule has 1 amide bonds. The fourth-order valence-corrected chi connectivity index (χ4v) is 1.03. The SMILES string of the molecule is C.CCc1ccccc1NC=O. The minimum absolute atomic E-state index is 0. The highest BCUT2D eigenvalue weighted by Gasteiger charge is 1.95. The van der Waals surface area contributed by atoms with Crippen molar-refractivity contribution < 1.29 is 4.79 Å². The second-order valence-corrected chi connectivity index (χ2v) is 2.27. The number of para-hydroxylation sites is 1. The van der Waals surface area contributed by atoms with Gasteiger partial charge in [0, 0.05) is 5.69 Å². The van der Waals surface area contributed by atoms with Gasteiger partial charge in [0.05, 0.1) is 0 Å². The molecule has 0 atom stereocenters. The van der Waals surface area contributed by atoms with Gasteiger partial charge in [-0.2, -0.15) is 0 Å². The highest BCUT2D eigenvalue weighted by atomic mass is 16.1. The van der Waals surface area contributed by atoms with Crippen LogP contribution in [0, 0.1) is 0 Å². The van der Waals surface area contributed by atoms with Crippen LogP contribution in [-0.2, 0) is 11.2 Å². The number of hydrogen-bond acceptors (Lipinski definition) is 1. The lowest BCUT2D eigenvalue weighted by molar-refractivity contribution is -0.105. The summed E-state index contributed by atoms with van der Waals surface area (Å²) in [7, 11) is 0. The first kappa shape index (κ1) is 10.7. The Hall–Kier alpha value is -1.31. The van der Waals surface area contributed by atoms with Crippen LogP contribution in [0.2, 0.25) is 0 Å². The van der Waals surface area contributed by atoms with Crippen molar-refractivity contribution in [2.24, 2.45) is 0 Å². The summed E-state index contributed by atoms with van der Waals surface area (Å²) in [6.07, 6.45) is 1.64. The summed E-state index contributed by atoms with van der Waals surface area (Å²) >= 11 is 0. The van der Waals surface area contributed by atoms with Crippen molar-refractivity contribution in [3.63, 3.8) is 0 Å². The van der Waals surface area contributed by atoms with Crippen molar-refractivity contribution in [1.29, 1.82) is 0 Å². The van der Waals surface area contributed by atoms with Gasteiger partial charge in [-0.05, 0) is 18.1 Å². The summed E-state index contributed by atoms with van der Waals surface area (Å²) in [6, 6.07) is 7.78. The van der Waals surface area contributed by atoms with E-state index in [0.717, 1.165) is 12.1 Å². The molecule has 0 fully saturated rings. The summed E-state index contributed by atoms with van der Waals surface area (Å²) in [4.78, 5) is 10.1. The predicted molar refractivity (Wildman–Crippen MR) is 52.2 cm³/mol. The lowest BCUT2D eigenvalue weighted by Gasteiger charge is -2.03. The third kappa shape index (κ3) is 2.38. The van der Waals surface area contributed by atoms with Gasteiger partial charge >= 0.3 is 0 Å². The van der Waals surface area contributed by atoms with E-state index in [2.05, 4.69) is 12.2 Å². The topological polar surface area (TPSA) is 29.1 Å². The number of rotatable bonds is 3. The second-order valence-electron chi connectivity index (χ2n) is 2.27. The van der Waals surface area contributed by atoms with E-state index in [1.807, 2.05) is 24.3 Å². The van der Waals surface area contributed by atoms with Crippen molar-refractivity contribution >= 4 is 12.1 Å². The van der Waals surface area contributed by atoms with Crippen molar-refractivity contribution in [2.75, 3.05) is 5.32 Å². The van der Waals surface area contributed by atoms with Crippen LogP contribution in [0.25, 0.3) is 0 Å². The lowest BCUT2D eigenvalue weighted by atomic mass is 10.1. The summed E-state index contributed by atoms with van der Waals surface area (Å²) in [5, 5.41) is 2.65. The average molecular weight is 165 g/mol. The van der Waals surface area contributed by atoms with Crippen LogP contribution in [0.3, 0.4) is 0 Å². The fraction of sp³-hybridized carbons (Fsp3) is 0.300. The molecule has 1 N–H and O–H groups in total. The Bertz CT molecular complexity index is 245. The summed E-state index contributed by atoms with van der Waals surface area (Å²) in [6.45, 7) is 2.06. The number of anilines is 1. The molecule has 0 radical (unpaired) electrons. The predicted octanol–water partition coefficient (Wildman–Crippen LogP) is 2.45. The smallest absolute Gasteiger partial charge is 0.211 e. The van der Waals surface area contributed by atoms with Gasteiger partial charge in [-0.3, -0.25) is 4.79 Å². The molecule has 0 aliphatic heterocycles. The first-order chi connectivity index (χ1) is 5.38. The van der Waals surface area contributed by atoms with Gasteiger partial charge in [-0.1, -0.05) is 32.5 Å². The Morgan fingerprint density at radius 1 is 1.42 bits per heavy atom. The Kier molecular flexibility index (Phi) is 4.77. The molecule has 0 spiro atoms. The van der Waals surface area contributed by atoms with E-state index in [4.69, 9.17) is 0 Å². The molecule has 1 aromatic rings. The molecule has 2 heteroatoms. The molecule has 0 aliphatic rings. The van der Waals surface area contributed by atoms with E-state index in [1.165, 1.54) is 5.56 Å². The third-order valence-corrected chi connectivity index (χ3v) is 1.61. The molecule has 12 heavy (non-hydrogen) atoms. The maximum Gasteiger partial charge on any atom is 0.211 e. The van der Waals surface area contributed by atoms with Crippen LogP contribution in [0.1, 0.15) is 19.9 Å². The molecule has 2 nitrogen and oxygen atoms in total. The summed E-state index contributed by atoms with van der Waals surface area (Å²) in [5.41, 5.74) is 2.07. The average Bonchev–Trinajstić information content (AvgIpc) is 2.06. The molecule has 0 heterocycles. The highest BCUT2D eigenvalue weighted by molar-refractivity contribution is 5.73. The minimum Gasteiger partial charge on any atom is -0.328 e. The first-order valence-corrected chi connectivity index (χ1v) is 3.66. The summed E-state index contributed by atoms with van der Waals surface area (Å²) in [5.74, 6) is 0. The van der Waals surface area contributed by atoms with Crippen LogP contribution >= 0.6 is 0 Å². The Morgan fingerprint density at radius 2 is 2.08 bits per heavy atom. The molecule has 0 aromatic heterocycles. The summed E-state index contributed by atoms with van der Waals surface area (Å²) < 4.78 is 0. The number of aryl methyl sites for hydroxylation is 1. The van der Waals surface area contributed by atoms with E-state index in [-0.39, 0.29) is 7.43 Å². The minimum atomic E-state index is 0. The van der Waals surface area contributed by atoms with Gasteiger partial charge in [0.2, 0.25) is 6.41 Å². The molecular weight excluding hydrogens is 150 g/mol. The van der Waals surface area contributed by atoms with Gasteiger partial charge in [0.15, 0.2) is 0 Å². The number of nitrogens with one attached hydrogen (secondary N) is 1. The van der Waals surface area contributed by atoms with Crippen LogP contribution in [0.15, 0.2) is 24.3 Å². The maximum atomic E-state index is 10.1. The molecule has 1 rings (SSSR count). The number of carbonyl (C=O) groups excluding carboxylic acids is 1. The van der Waals surface area contributed by atoms with Gasteiger partial charge in [-0.25, -0.2) is 0 Å². The molecule has 1 aromatic carbocycles. The maximum absolute atomic E-state index is 10.1. The Balaban J connectivity index is 0.00000121. The van der Waals surface area contributed by atoms with E-state index in [0.29, 0.717) is 6.41 Å². The van der Waals surface area contributed by atoms with Crippen LogP contribution in [-0.4, -0.2) is 6.41 Å². The van der Waals surface area contributed by atoms with E-state index in [9.17, 15) is 4.79 Å². The zero-order valence-corrected chi connectivity index (χ0v) is 6.50. The van der Waals surface area contributed by atoms with Gasteiger partial charge in [0.25, 0.3) is 0 Å². The van der Waals surface area contributed by atoms with Gasteiger partial charge < -0.3 is 5.32 Å². The molecule has 0 aliphatic carbocycles. The quantitative estimate of drug-likeness (QED) is 0.685. The normalized spacial score (nSPS) is 8.42. The standard InChI is InChI=1S/C9H11NO.CH4/c1-2-8-5-3-4-6-9(8)10-7-11;/h3-7H,2H2,1H3,(H,10,11);1H4. The zero-order chi connectivity index (χ0) is 8.10. The number of hydrogen-bond donors (Lipinski definition) is 1. The third-order valence-electron chi connectivity index (χ3n) is 1.61. The molecule has 66 valence electrons. The van der Waals surface area contributed by atoms with E-state index < -0.39 is 0 Å². The first-order valence-electron chi connectivity index (χ1n) is 3.66. The lowest BCUT2D eigenvalue weighted by Crippen LogP contribution is -1.97. The number of amides is 1. The van der Waals surface area contributed by atoms with Crippen molar-refractivity contribution in [3.05, 3.63) is 29.8 Å². The highest BCUT2D eigenvalue weighted by Crippen LogP contribution is 2.13. The van der Waals surface area contributed by atoms with Gasteiger partial charge in [0.1, 0.15) is 0 Å². The Labute approximate surface area is 73.6 Å². The van der Waals surface area contributed by atoms with E-state index in [1.54, 1.807) is 0 Å². The second kappa shape index (κ2) is 5.35. The van der Waals surface area contributed by atoms with Crippen molar-refractivity contribution in [2.45, 2.75) is 20.8 Å². The molecule has 0 saturated carbocycles. The monoisotopic (exact) mass is 165 g/mol. The van der Waals surface area contributed by atoms with Crippen LogP contribution in [0.5, 0.6) is 0 Å². The van der Waals surface area contributed by atoms with Crippen molar-refractivity contribution in [1.82, 2.24) is 0 Å². The van der Waals surface area contributed by atoms with Crippen LogP contribution < -0.4 is 5.32 Å². The molecular formula is C10H15NO. The Morgan fingerprint density at radius 3 is 2.67 bits per heavy atom. The largest absolute Gasteiger partial charge is 0.328 e.